The van der Waals surface area contributed by atoms with Crippen LogP contribution in [-0.4, -0.2) is 87.3 Å². The lowest BCUT2D eigenvalue weighted by Gasteiger charge is -2.44. The third-order valence-electron chi connectivity index (χ3n) is 5.13. The van der Waals surface area contributed by atoms with Gasteiger partial charge in [-0.2, -0.15) is 0 Å². The molecule has 0 spiro atoms. The minimum Gasteiger partial charge on any atom is -0.456 e. The number of hydrogen-bond acceptors (Lipinski definition) is 12. The molecule has 2 aliphatic rings. The van der Waals surface area contributed by atoms with Crippen molar-refractivity contribution >= 4 is 23.9 Å². The monoisotopic (exact) mass is 488 g/mol. The van der Waals surface area contributed by atoms with Gasteiger partial charge in [0.25, 0.3) is 0 Å². The van der Waals surface area contributed by atoms with Gasteiger partial charge in [-0.15, -0.1) is 0 Å². The molecule has 0 bridgehead atoms. The van der Waals surface area contributed by atoms with E-state index in [2.05, 4.69) is 0 Å². The van der Waals surface area contributed by atoms with Crippen molar-refractivity contribution in [1.29, 1.82) is 0 Å². The molecule has 2 heterocycles. The van der Waals surface area contributed by atoms with Crippen LogP contribution in [0.2, 0.25) is 0 Å². The smallest absolute Gasteiger partial charge is 0.303 e. The van der Waals surface area contributed by atoms with Gasteiger partial charge in [0.1, 0.15) is 18.3 Å². The van der Waals surface area contributed by atoms with Gasteiger partial charge >= 0.3 is 23.9 Å². The van der Waals surface area contributed by atoms with Crippen molar-refractivity contribution in [1.82, 2.24) is 0 Å². The van der Waals surface area contributed by atoms with E-state index in [0.29, 0.717) is 0 Å². The highest BCUT2D eigenvalue weighted by molar-refractivity contribution is 5.68. The van der Waals surface area contributed by atoms with E-state index in [4.69, 9.17) is 37.9 Å². The fourth-order valence-corrected chi connectivity index (χ4v) is 3.90. The third kappa shape index (κ3) is 7.76. The quantitative estimate of drug-likeness (QED) is 0.257. The predicted octanol–water partition coefficient (Wildman–Crippen LogP) is 0.792. The van der Waals surface area contributed by atoms with E-state index in [1.807, 2.05) is 0 Å². The predicted molar refractivity (Wildman–Crippen MR) is 112 cm³/mol. The summed E-state index contributed by atoms with van der Waals surface area (Å²) in [6.07, 6.45) is -3.51. The van der Waals surface area contributed by atoms with Crippen molar-refractivity contribution in [3.05, 3.63) is 12.2 Å². The number of hydrogen-bond donors (Lipinski definition) is 0. The third-order valence-corrected chi connectivity index (χ3v) is 5.13. The summed E-state index contributed by atoms with van der Waals surface area (Å²) < 4.78 is 43.8. The van der Waals surface area contributed by atoms with E-state index in [-0.39, 0.29) is 12.8 Å². The highest BCUT2D eigenvalue weighted by Gasteiger charge is 2.52. The molecule has 0 unspecified atom stereocenters. The first-order valence-corrected chi connectivity index (χ1v) is 10.8. The Labute approximate surface area is 197 Å². The van der Waals surface area contributed by atoms with Crippen LogP contribution in [0.3, 0.4) is 0 Å². The highest BCUT2D eigenvalue weighted by Crippen LogP contribution is 2.32. The second-order valence-electron chi connectivity index (χ2n) is 7.82. The van der Waals surface area contributed by atoms with Crippen LogP contribution < -0.4 is 0 Å². The molecule has 192 valence electrons. The maximum atomic E-state index is 11.9. The number of ether oxygens (including phenoxy) is 8. The van der Waals surface area contributed by atoms with Crippen LogP contribution in [0, 0.1) is 0 Å². The van der Waals surface area contributed by atoms with Gasteiger partial charge in [-0.05, 0) is 25.0 Å². The Morgan fingerprint density at radius 2 is 1.18 bits per heavy atom. The zero-order valence-corrected chi connectivity index (χ0v) is 20.1. The maximum Gasteiger partial charge on any atom is 0.303 e. The Hall–Kier alpha value is -2.54. The van der Waals surface area contributed by atoms with Gasteiger partial charge in [0.2, 0.25) is 0 Å². The minimum atomic E-state index is -1.18. The topological polar surface area (TPSA) is 142 Å². The summed E-state index contributed by atoms with van der Waals surface area (Å²) in [5, 5.41) is 0. The van der Waals surface area contributed by atoms with Gasteiger partial charge in [0.15, 0.2) is 30.9 Å². The molecule has 12 heteroatoms. The Kier molecular flexibility index (Phi) is 10.4. The number of carbonyl (C=O) groups excluding carboxylic acids is 4. The van der Waals surface area contributed by atoms with Gasteiger partial charge in [-0.1, -0.05) is 0 Å². The van der Waals surface area contributed by atoms with Gasteiger partial charge in [-0.3, -0.25) is 19.2 Å². The molecule has 2 aliphatic heterocycles. The van der Waals surface area contributed by atoms with Crippen LogP contribution in [0.4, 0.5) is 0 Å². The molecular weight excluding hydrogens is 456 g/mol. The van der Waals surface area contributed by atoms with E-state index in [0.717, 1.165) is 0 Å². The van der Waals surface area contributed by atoms with Crippen molar-refractivity contribution in [3.63, 3.8) is 0 Å². The zero-order chi connectivity index (χ0) is 25.4. The molecule has 1 fully saturated rings. The van der Waals surface area contributed by atoms with Crippen LogP contribution in [0.1, 0.15) is 40.5 Å². The molecular formula is C22H32O12. The Bertz CT molecular complexity index is 765. The average Bonchev–Trinajstić information content (AvgIpc) is 2.74. The minimum absolute atomic E-state index is 0.217. The van der Waals surface area contributed by atoms with Crippen LogP contribution >= 0.6 is 0 Å². The Balaban J connectivity index is 2.28. The molecule has 0 aromatic heterocycles. The van der Waals surface area contributed by atoms with E-state index < -0.39 is 73.1 Å². The summed E-state index contributed by atoms with van der Waals surface area (Å²) in [7, 11) is 2.81. The number of esters is 4. The van der Waals surface area contributed by atoms with Gasteiger partial charge in [0.05, 0.1) is 0 Å². The Morgan fingerprint density at radius 1 is 0.647 bits per heavy atom. The van der Waals surface area contributed by atoms with Crippen molar-refractivity contribution in [3.8, 4) is 0 Å². The summed E-state index contributed by atoms with van der Waals surface area (Å²) in [5.74, 6) is -2.47. The highest BCUT2D eigenvalue weighted by atomic mass is 16.7. The van der Waals surface area contributed by atoms with Crippen LogP contribution in [0.25, 0.3) is 0 Å². The van der Waals surface area contributed by atoms with Crippen LogP contribution in [0.15, 0.2) is 12.2 Å². The molecule has 0 saturated carbocycles. The first-order chi connectivity index (χ1) is 16.0. The zero-order valence-electron chi connectivity index (χ0n) is 20.1. The summed E-state index contributed by atoms with van der Waals surface area (Å²) in [4.78, 5) is 46.9. The summed E-state index contributed by atoms with van der Waals surface area (Å²) in [5.41, 5.74) is 0. The molecule has 0 amide bonds. The second kappa shape index (κ2) is 12.8. The van der Waals surface area contributed by atoms with Gasteiger partial charge < -0.3 is 37.9 Å². The van der Waals surface area contributed by atoms with Crippen LogP contribution in [0.5, 0.6) is 0 Å². The van der Waals surface area contributed by atoms with Crippen LogP contribution in [-0.2, 0) is 57.1 Å². The maximum absolute atomic E-state index is 11.9. The van der Waals surface area contributed by atoms with Crippen molar-refractivity contribution in [2.45, 2.75) is 89.7 Å². The van der Waals surface area contributed by atoms with E-state index in [9.17, 15) is 19.2 Å². The molecule has 1 saturated heterocycles. The molecule has 0 N–H and O–H groups in total. The van der Waals surface area contributed by atoms with Crippen molar-refractivity contribution < 1.29 is 57.1 Å². The van der Waals surface area contributed by atoms with Gasteiger partial charge in [-0.25, -0.2) is 0 Å². The lowest BCUT2D eigenvalue weighted by atomic mass is 9.93. The SMILES string of the molecule is CO[C@@H]1C=C[C@@H](OC(C)=O)[C@@H](CC[C@@H]2O[C@@H](OC)[C@H](OC(C)=O)[C@H](OC(C)=O)[C@@H]2OC(C)=O)O1. The Morgan fingerprint density at radius 3 is 1.71 bits per heavy atom. The lowest BCUT2D eigenvalue weighted by molar-refractivity contribution is -0.300. The average molecular weight is 488 g/mol. The number of carbonyl (C=O) groups is 4. The van der Waals surface area contributed by atoms with Gasteiger partial charge in [0, 0.05) is 41.9 Å². The fourth-order valence-electron chi connectivity index (χ4n) is 3.90. The molecule has 0 aromatic rings. The summed E-state index contributed by atoms with van der Waals surface area (Å²) in [6, 6.07) is 0. The number of methoxy groups -OCH3 is 2. The summed E-state index contributed by atoms with van der Waals surface area (Å²) >= 11 is 0. The molecule has 0 aliphatic carbocycles. The number of rotatable bonds is 9. The van der Waals surface area contributed by atoms with E-state index >= 15 is 0 Å². The molecule has 2 rings (SSSR count). The molecule has 0 radical (unpaired) electrons. The molecule has 12 nitrogen and oxygen atoms in total. The normalized spacial score (nSPS) is 33.0. The molecule has 0 aromatic carbocycles. The standard InChI is InChI=1S/C22H32O12/c1-11(23)29-15-9-10-18(27-5)33-16(15)7-8-17-19(30-12(2)24)20(31-13(3)25)21(32-14(4)26)22(28-6)34-17/h9-10,15-22H,7-8H2,1-6H3/t15-,16-,17+,18+,19-,20-,21-,22-/m1/s1. The van der Waals surface area contributed by atoms with E-state index in [1.165, 1.54) is 41.9 Å². The first-order valence-electron chi connectivity index (χ1n) is 10.8. The van der Waals surface area contributed by atoms with Crippen molar-refractivity contribution in [2.75, 3.05) is 14.2 Å². The largest absolute Gasteiger partial charge is 0.456 e. The van der Waals surface area contributed by atoms with E-state index in [1.54, 1.807) is 12.2 Å². The molecule has 34 heavy (non-hydrogen) atoms. The first kappa shape index (κ1) is 27.7. The second-order valence-corrected chi connectivity index (χ2v) is 7.82. The fraction of sp³-hybridized carbons (Fsp3) is 0.727. The molecule has 8 atom stereocenters. The van der Waals surface area contributed by atoms with Crippen molar-refractivity contribution in [2.24, 2.45) is 0 Å². The lowest BCUT2D eigenvalue weighted by Crippen LogP contribution is -2.61. The summed E-state index contributed by atoms with van der Waals surface area (Å²) in [6.45, 7) is 4.84.